The molecule has 6 heteroatoms. The monoisotopic (exact) mass is 403 g/mol. The van der Waals surface area contributed by atoms with Gasteiger partial charge >= 0.3 is 0 Å². The van der Waals surface area contributed by atoms with E-state index >= 15 is 0 Å². The van der Waals surface area contributed by atoms with Crippen molar-refractivity contribution in [3.8, 4) is 0 Å². The van der Waals surface area contributed by atoms with Crippen LogP contribution >= 0.6 is 0 Å². The van der Waals surface area contributed by atoms with Crippen molar-refractivity contribution >= 4 is 11.8 Å². The number of hydrogen-bond acceptors (Lipinski definition) is 4. The molecule has 0 radical (unpaired) electrons. The lowest BCUT2D eigenvalue weighted by atomic mass is 9.76. The number of carbonyl (C=O) groups is 2. The molecule has 4 heterocycles. The van der Waals surface area contributed by atoms with Crippen LogP contribution in [-0.4, -0.2) is 51.9 Å². The molecule has 1 aromatic carbocycles. The third kappa shape index (κ3) is 3.03. The van der Waals surface area contributed by atoms with Crippen LogP contribution in [0.2, 0.25) is 0 Å². The van der Waals surface area contributed by atoms with E-state index in [9.17, 15) is 9.59 Å². The first kappa shape index (κ1) is 19.0. The summed E-state index contributed by atoms with van der Waals surface area (Å²) in [5, 5.41) is 0. The van der Waals surface area contributed by atoms with Gasteiger partial charge in [-0.3, -0.25) is 14.6 Å². The van der Waals surface area contributed by atoms with Crippen molar-refractivity contribution in [1.82, 2.24) is 14.8 Å². The highest BCUT2D eigenvalue weighted by Crippen LogP contribution is 2.52. The molecule has 154 valence electrons. The van der Waals surface area contributed by atoms with E-state index in [1.165, 1.54) is 5.56 Å². The molecular weight excluding hydrogens is 378 g/mol. The van der Waals surface area contributed by atoms with Gasteiger partial charge in [0.25, 0.3) is 0 Å². The number of carbonyl (C=O) groups excluding carboxylic acids is 2. The average Bonchev–Trinajstić information content (AvgIpc) is 3.37. The normalized spacial score (nSPS) is 28.8. The molecule has 2 fully saturated rings. The molecule has 2 bridgehead atoms. The summed E-state index contributed by atoms with van der Waals surface area (Å²) in [6, 6.07) is 13.8. The summed E-state index contributed by atoms with van der Waals surface area (Å²) in [7, 11) is 1.77. The van der Waals surface area contributed by atoms with Gasteiger partial charge < -0.3 is 14.5 Å². The Hall–Kier alpha value is -2.99. The maximum absolute atomic E-state index is 13.4. The molecule has 0 aliphatic carbocycles. The maximum Gasteiger partial charge on any atom is 0.230 e. The summed E-state index contributed by atoms with van der Waals surface area (Å²) in [6.45, 7) is 3.48. The highest BCUT2D eigenvalue weighted by molar-refractivity contribution is 5.93. The number of pyridine rings is 1. The second kappa shape index (κ2) is 7.06. The zero-order valence-electron chi connectivity index (χ0n) is 17.2. The van der Waals surface area contributed by atoms with E-state index in [2.05, 4.69) is 11.1 Å². The molecule has 4 atom stereocenters. The zero-order valence-corrected chi connectivity index (χ0v) is 17.2. The molecule has 5 rings (SSSR count). The number of fused-ring (bicyclic) bond motifs is 1. The molecule has 30 heavy (non-hydrogen) atoms. The van der Waals surface area contributed by atoms with Crippen LogP contribution in [0.5, 0.6) is 0 Å². The number of aromatic nitrogens is 1. The molecule has 3 aliphatic rings. The van der Waals surface area contributed by atoms with Crippen molar-refractivity contribution < 1.29 is 14.3 Å². The number of aryl methyl sites for hydroxylation is 1. The topological polar surface area (TPSA) is 62.7 Å². The number of rotatable bonds is 5. The van der Waals surface area contributed by atoms with Crippen molar-refractivity contribution in [2.75, 3.05) is 13.6 Å². The van der Waals surface area contributed by atoms with Crippen LogP contribution < -0.4 is 0 Å². The minimum absolute atomic E-state index is 0.00735. The first-order valence-corrected chi connectivity index (χ1v) is 10.3. The predicted octanol–water partition coefficient (Wildman–Crippen LogP) is 2.33. The predicted molar refractivity (Wildman–Crippen MR) is 111 cm³/mol. The Morgan fingerprint density at radius 2 is 2.17 bits per heavy atom. The lowest BCUT2D eigenvalue weighted by molar-refractivity contribution is -0.142. The second-order valence-electron chi connectivity index (χ2n) is 8.60. The standard InChI is InChI=1S/C24H25N3O3/c1-16-6-5-7-17(12-16)13-27-15-24-10-9-19(30-24)20(21(24)23(27)29)22(28)26(2)14-18-8-3-4-11-25-18/h3-12,19-21H,13-15H2,1-2H3/t19-,20+,21+,24-/m0/s1. The Morgan fingerprint density at radius 1 is 1.30 bits per heavy atom. The molecule has 6 nitrogen and oxygen atoms in total. The number of amides is 2. The fourth-order valence-corrected chi connectivity index (χ4v) is 5.09. The van der Waals surface area contributed by atoms with Crippen LogP contribution in [0.25, 0.3) is 0 Å². The van der Waals surface area contributed by atoms with Crippen molar-refractivity contribution in [1.29, 1.82) is 0 Å². The summed E-state index contributed by atoms with van der Waals surface area (Å²) >= 11 is 0. The molecule has 1 aromatic heterocycles. The van der Waals surface area contributed by atoms with Crippen LogP contribution in [0, 0.1) is 18.8 Å². The fraction of sp³-hybridized carbons (Fsp3) is 0.375. The van der Waals surface area contributed by atoms with Gasteiger partial charge in [-0.15, -0.1) is 0 Å². The van der Waals surface area contributed by atoms with Gasteiger partial charge in [0.2, 0.25) is 11.8 Å². The van der Waals surface area contributed by atoms with Crippen molar-refractivity contribution in [3.63, 3.8) is 0 Å². The van der Waals surface area contributed by atoms with Crippen molar-refractivity contribution in [3.05, 3.63) is 77.6 Å². The fourth-order valence-electron chi connectivity index (χ4n) is 5.09. The Morgan fingerprint density at radius 3 is 2.93 bits per heavy atom. The van der Waals surface area contributed by atoms with E-state index in [0.717, 1.165) is 11.3 Å². The van der Waals surface area contributed by atoms with Crippen LogP contribution in [-0.2, 0) is 27.4 Å². The Bertz CT molecular complexity index is 1020. The van der Waals surface area contributed by atoms with Gasteiger partial charge in [0.15, 0.2) is 0 Å². The number of hydrogen-bond donors (Lipinski definition) is 0. The minimum Gasteiger partial charge on any atom is -0.360 e. The van der Waals surface area contributed by atoms with Crippen LogP contribution in [0.1, 0.15) is 16.8 Å². The third-order valence-electron chi connectivity index (χ3n) is 6.42. The van der Waals surface area contributed by atoms with Crippen molar-refractivity contribution in [2.45, 2.75) is 31.7 Å². The SMILES string of the molecule is Cc1cccc(CN2C[C@]34C=C[C@H](O3)[C@@H](C(=O)N(C)Cc3ccccn3)[C@@H]4C2=O)c1. The number of ether oxygens (including phenoxy) is 1. The summed E-state index contributed by atoms with van der Waals surface area (Å²) in [5.74, 6) is -1.00. The molecule has 1 spiro atoms. The van der Waals surface area contributed by atoms with Crippen LogP contribution in [0.15, 0.2) is 60.8 Å². The van der Waals surface area contributed by atoms with Gasteiger partial charge in [0, 0.05) is 19.8 Å². The molecule has 2 saturated heterocycles. The smallest absolute Gasteiger partial charge is 0.230 e. The summed E-state index contributed by atoms with van der Waals surface area (Å²) in [4.78, 5) is 34.5. The van der Waals surface area contributed by atoms with E-state index in [0.29, 0.717) is 19.6 Å². The molecular formula is C24H25N3O3. The number of likely N-dealkylation sites (tertiary alicyclic amines) is 1. The summed E-state index contributed by atoms with van der Waals surface area (Å²) in [5.41, 5.74) is 2.39. The Labute approximate surface area is 176 Å². The van der Waals surface area contributed by atoms with Gasteiger partial charge in [0.1, 0.15) is 5.60 Å². The second-order valence-corrected chi connectivity index (χ2v) is 8.60. The van der Waals surface area contributed by atoms with E-state index < -0.39 is 17.4 Å². The zero-order chi connectivity index (χ0) is 20.9. The van der Waals surface area contributed by atoms with Gasteiger partial charge in [-0.1, -0.05) is 48.0 Å². The Balaban J connectivity index is 1.36. The summed E-state index contributed by atoms with van der Waals surface area (Å²) < 4.78 is 6.24. The van der Waals surface area contributed by atoms with Crippen molar-refractivity contribution in [2.24, 2.45) is 11.8 Å². The molecule has 0 N–H and O–H groups in total. The van der Waals surface area contributed by atoms with Gasteiger partial charge in [-0.2, -0.15) is 0 Å². The molecule has 3 aliphatic heterocycles. The third-order valence-corrected chi connectivity index (χ3v) is 6.42. The van der Waals surface area contributed by atoms with E-state index in [4.69, 9.17) is 4.74 Å². The van der Waals surface area contributed by atoms with Gasteiger partial charge in [-0.05, 0) is 24.6 Å². The first-order chi connectivity index (χ1) is 14.5. The molecule has 0 unspecified atom stereocenters. The lowest BCUT2D eigenvalue weighted by Crippen LogP contribution is -2.44. The molecule has 2 amide bonds. The highest BCUT2D eigenvalue weighted by atomic mass is 16.5. The largest absolute Gasteiger partial charge is 0.360 e. The minimum atomic E-state index is -0.683. The van der Waals surface area contributed by atoms with Gasteiger partial charge in [-0.25, -0.2) is 0 Å². The van der Waals surface area contributed by atoms with E-state index in [1.54, 1.807) is 18.1 Å². The maximum atomic E-state index is 13.4. The lowest BCUT2D eigenvalue weighted by Gasteiger charge is -2.27. The van der Waals surface area contributed by atoms with Crippen LogP contribution in [0.4, 0.5) is 0 Å². The Kier molecular flexibility index (Phi) is 4.47. The highest BCUT2D eigenvalue weighted by Gasteiger charge is 2.67. The average molecular weight is 403 g/mol. The van der Waals surface area contributed by atoms with Crippen LogP contribution in [0.3, 0.4) is 0 Å². The molecule has 0 saturated carbocycles. The number of nitrogens with zero attached hydrogens (tertiary/aromatic N) is 3. The summed E-state index contributed by atoms with van der Waals surface area (Å²) in [6.07, 6.45) is 5.34. The first-order valence-electron chi connectivity index (χ1n) is 10.3. The molecule has 2 aromatic rings. The van der Waals surface area contributed by atoms with E-state index in [-0.39, 0.29) is 17.9 Å². The number of benzene rings is 1. The quantitative estimate of drug-likeness (QED) is 0.719. The van der Waals surface area contributed by atoms with E-state index in [1.807, 2.05) is 60.4 Å². The van der Waals surface area contributed by atoms with Gasteiger partial charge in [0.05, 0.1) is 36.7 Å².